The molecule has 1 saturated heterocycles. The van der Waals surface area contributed by atoms with Crippen molar-refractivity contribution in [3.63, 3.8) is 0 Å². The highest BCUT2D eigenvalue weighted by molar-refractivity contribution is 7.89. The van der Waals surface area contributed by atoms with E-state index in [-0.39, 0.29) is 22.6 Å². The third-order valence-corrected chi connectivity index (χ3v) is 8.71. The highest BCUT2D eigenvalue weighted by Crippen LogP contribution is 2.34. The molecule has 0 saturated carbocycles. The molecule has 4 N–H and O–H groups in total. The molecule has 0 bridgehead atoms. The average molecular weight is 573 g/mol. The molecular formula is C31H32N4O5S. The number of amides is 2. The molecule has 3 atom stereocenters. The molecule has 9 nitrogen and oxygen atoms in total. The first kappa shape index (κ1) is 28.3. The van der Waals surface area contributed by atoms with Crippen molar-refractivity contribution in [2.75, 3.05) is 19.6 Å². The minimum Gasteiger partial charge on any atom is -0.464 e. The fourth-order valence-corrected chi connectivity index (χ4v) is 6.15. The zero-order valence-corrected chi connectivity index (χ0v) is 23.4. The summed E-state index contributed by atoms with van der Waals surface area (Å²) in [5.41, 5.74) is 5.47. The van der Waals surface area contributed by atoms with Crippen LogP contribution in [0.5, 0.6) is 0 Å². The number of carbonyl (C=O) groups excluding carboxylic acids is 1. The standard InChI is InChI=1S/C31H32N4O5S/c1-21(27-13-7-11-22-10-5-6-12-28(22)27)35(31(37)38)33-18-25-19-34(20-29(25)23-8-3-2-4-9-23)30(36)24-14-16-26(17-15-24)41(32,39)40/h2-17,21,25,29,33H,18-20H2,1H3,(H,37,38)(H2,32,39,40)/t21-,25+,29-/m1/s1. The molecule has 0 aromatic heterocycles. The first-order valence-electron chi connectivity index (χ1n) is 13.3. The molecule has 1 heterocycles. The second kappa shape index (κ2) is 11.7. The molecule has 41 heavy (non-hydrogen) atoms. The van der Waals surface area contributed by atoms with Crippen LogP contribution in [-0.2, 0) is 10.0 Å². The van der Waals surface area contributed by atoms with E-state index in [2.05, 4.69) is 5.43 Å². The molecule has 2 amide bonds. The Kier molecular flexibility index (Phi) is 8.07. The van der Waals surface area contributed by atoms with E-state index in [0.29, 0.717) is 25.2 Å². The number of sulfonamides is 1. The van der Waals surface area contributed by atoms with Crippen molar-refractivity contribution in [2.45, 2.75) is 23.8 Å². The normalized spacial score (nSPS) is 17.9. The Morgan fingerprint density at radius 3 is 2.29 bits per heavy atom. The topological polar surface area (TPSA) is 133 Å². The van der Waals surface area contributed by atoms with E-state index in [4.69, 9.17) is 5.14 Å². The molecule has 1 aliphatic heterocycles. The largest absolute Gasteiger partial charge is 0.464 e. The summed E-state index contributed by atoms with van der Waals surface area (Å²) in [4.78, 5) is 27.5. The minimum absolute atomic E-state index is 0.0279. The lowest BCUT2D eigenvalue weighted by Gasteiger charge is -2.30. The number of carbonyl (C=O) groups is 2. The van der Waals surface area contributed by atoms with Gasteiger partial charge in [-0.2, -0.15) is 0 Å². The van der Waals surface area contributed by atoms with Gasteiger partial charge in [0.2, 0.25) is 10.0 Å². The number of nitrogens with one attached hydrogen (secondary N) is 1. The van der Waals surface area contributed by atoms with E-state index < -0.39 is 22.2 Å². The molecule has 4 aromatic rings. The Morgan fingerprint density at radius 1 is 0.951 bits per heavy atom. The number of fused-ring (bicyclic) bond motifs is 1. The summed E-state index contributed by atoms with van der Waals surface area (Å²) in [5.74, 6) is -0.333. The van der Waals surface area contributed by atoms with Gasteiger partial charge < -0.3 is 10.0 Å². The van der Waals surface area contributed by atoms with Crippen molar-refractivity contribution in [3.05, 3.63) is 114 Å². The van der Waals surface area contributed by atoms with Gasteiger partial charge >= 0.3 is 6.09 Å². The van der Waals surface area contributed by atoms with Crippen LogP contribution in [-0.4, -0.2) is 55.1 Å². The van der Waals surface area contributed by atoms with Crippen molar-refractivity contribution >= 4 is 32.8 Å². The summed E-state index contributed by atoms with van der Waals surface area (Å²) in [5, 5.41) is 18.6. The number of hydrogen-bond donors (Lipinski definition) is 3. The molecule has 0 spiro atoms. The van der Waals surface area contributed by atoms with Gasteiger partial charge in [-0.15, -0.1) is 0 Å². The van der Waals surface area contributed by atoms with Crippen molar-refractivity contribution < 1.29 is 23.1 Å². The number of primary sulfonamides is 1. The van der Waals surface area contributed by atoms with Gasteiger partial charge in [-0.25, -0.2) is 28.8 Å². The van der Waals surface area contributed by atoms with Gasteiger partial charge in [-0.05, 0) is 59.0 Å². The van der Waals surface area contributed by atoms with Gasteiger partial charge in [0.25, 0.3) is 5.91 Å². The third-order valence-electron chi connectivity index (χ3n) is 7.78. The molecule has 4 aromatic carbocycles. The first-order chi connectivity index (χ1) is 19.6. The zero-order valence-electron chi connectivity index (χ0n) is 22.6. The Balaban J connectivity index is 1.37. The molecule has 0 unspecified atom stereocenters. The van der Waals surface area contributed by atoms with E-state index in [1.165, 1.54) is 29.3 Å². The van der Waals surface area contributed by atoms with Crippen molar-refractivity contribution in [1.82, 2.24) is 15.3 Å². The Morgan fingerprint density at radius 2 is 1.61 bits per heavy atom. The number of nitrogens with zero attached hydrogens (tertiary/aromatic N) is 2. The summed E-state index contributed by atoms with van der Waals surface area (Å²) < 4.78 is 23.2. The molecule has 0 aliphatic carbocycles. The van der Waals surface area contributed by atoms with Gasteiger partial charge in [0.05, 0.1) is 10.9 Å². The smallest absolute Gasteiger partial charge is 0.422 e. The fraction of sp³-hybridized carbons (Fsp3) is 0.226. The zero-order chi connectivity index (χ0) is 29.1. The van der Waals surface area contributed by atoms with Crippen LogP contribution in [0.15, 0.2) is 102 Å². The van der Waals surface area contributed by atoms with E-state index in [1.807, 2.05) is 79.7 Å². The second-order valence-electron chi connectivity index (χ2n) is 10.3. The Hall–Kier alpha value is -4.25. The lowest BCUT2D eigenvalue weighted by atomic mass is 9.89. The molecule has 212 valence electrons. The molecule has 1 fully saturated rings. The van der Waals surface area contributed by atoms with E-state index >= 15 is 0 Å². The number of nitrogens with two attached hydrogens (primary N) is 1. The summed E-state index contributed by atoms with van der Waals surface area (Å²) in [6, 6.07) is 28.7. The molecule has 1 aliphatic rings. The second-order valence-corrected chi connectivity index (χ2v) is 11.9. The van der Waals surface area contributed by atoms with Crippen LogP contribution in [0.3, 0.4) is 0 Å². The number of benzene rings is 4. The predicted octanol–water partition coefficient (Wildman–Crippen LogP) is 4.59. The van der Waals surface area contributed by atoms with Gasteiger partial charge in [-0.1, -0.05) is 72.8 Å². The molecule has 5 rings (SSSR count). The summed E-state index contributed by atoms with van der Waals surface area (Å²) >= 11 is 0. The fourth-order valence-electron chi connectivity index (χ4n) is 5.63. The number of likely N-dealkylation sites (tertiary alicyclic amines) is 1. The Labute approximate surface area is 239 Å². The van der Waals surface area contributed by atoms with Crippen LogP contribution in [0.4, 0.5) is 4.79 Å². The van der Waals surface area contributed by atoms with Gasteiger partial charge in [-0.3, -0.25) is 4.79 Å². The summed E-state index contributed by atoms with van der Waals surface area (Å²) in [6.45, 7) is 3.03. The maximum atomic E-state index is 13.4. The number of hydrogen-bond acceptors (Lipinski definition) is 5. The van der Waals surface area contributed by atoms with Crippen LogP contribution >= 0.6 is 0 Å². The SMILES string of the molecule is C[C@H](c1cccc2ccccc12)N(NC[C@H]1CN(C(=O)c2ccc(S(N)(=O)=O)cc2)C[C@@H]1c1ccccc1)C(=O)O. The first-order valence-corrected chi connectivity index (χ1v) is 14.9. The minimum atomic E-state index is -3.87. The van der Waals surface area contributed by atoms with E-state index in [0.717, 1.165) is 21.9 Å². The molecule has 0 radical (unpaired) electrons. The number of hydrazine groups is 1. The van der Waals surface area contributed by atoms with Crippen LogP contribution in [0.1, 0.15) is 40.4 Å². The maximum Gasteiger partial charge on any atom is 0.422 e. The van der Waals surface area contributed by atoms with Gasteiger partial charge in [0, 0.05) is 31.1 Å². The van der Waals surface area contributed by atoms with E-state index in [1.54, 1.807) is 4.90 Å². The van der Waals surface area contributed by atoms with Crippen molar-refractivity contribution in [3.8, 4) is 0 Å². The summed E-state index contributed by atoms with van der Waals surface area (Å²) in [7, 11) is -3.87. The average Bonchev–Trinajstić information content (AvgIpc) is 3.40. The van der Waals surface area contributed by atoms with Crippen LogP contribution in [0, 0.1) is 5.92 Å². The summed E-state index contributed by atoms with van der Waals surface area (Å²) in [6.07, 6.45) is -1.09. The highest BCUT2D eigenvalue weighted by Gasteiger charge is 2.37. The number of carboxylic acid groups (broad SMARTS) is 1. The van der Waals surface area contributed by atoms with Crippen LogP contribution in [0.2, 0.25) is 0 Å². The monoisotopic (exact) mass is 572 g/mol. The Bertz CT molecular complexity index is 1660. The predicted molar refractivity (Wildman–Crippen MR) is 157 cm³/mol. The number of rotatable bonds is 8. The van der Waals surface area contributed by atoms with E-state index in [9.17, 15) is 23.1 Å². The quantitative estimate of drug-likeness (QED) is 0.265. The van der Waals surface area contributed by atoms with Crippen LogP contribution in [0.25, 0.3) is 10.8 Å². The van der Waals surface area contributed by atoms with Gasteiger partial charge in [0.1, 0.15) is 0 Å². The van der Waals surface area contributed by atoms with Gasteiger partial charge in [0.15, 0.2) is 0 Å². The molecular weight excluding hydrogens is 540 g/mol. The maximum absolute atomic E-state index is 13.4. The third kappa shape index (κ3) is 6.09. The lowest BCUT2D eigenvalue weighted by Crippen LogP contribution is -2.46. The van der Waals surface area contributed by atoms with Crippen molar-refractivity contribution in [2.24, 2.45) is 11.1 Å². The highest BCUT2D eigenvalue weighted by atomic mass is 32.2. The molecule has 10 heteroatoms. The lowest BCUT2D eigenvalue weighted by molar-refractivity contribution is 0.0773. The van der Waals surface area contributed by atoms with Crippen molar-refractivity contribution in [1.29, 1.82) is 0 Å². The van der Waals surface area contributed by atoms with Crippen LogP contribution < -0.4 is 10.6 Å².